The molecule has 0 aromatic heterocycles. The Morgan fingerprint density at radius 3 is 2.34 bits per heavy atom. The van der Waals surface area contributed by atoms with E-state index >= 15 is 0 Å². The smallest absolute Gasteiger partial charge is 0.243 e. The number of amides is 1. The molecule has 0 atom stereocenters. The summed E-state index contributed by atoms with van der Waals surface area (Å²) in [6.07, 6.45) is 2.87. The summed E-state index contributed by atoms with van der Waals surface area (Å²) in [6.45, 7) is 2.75. The third-order valence-electron chi connectivity index (χ3n) is 6.01. The maximum absolute atomic E-state index is 13.0. The van der Waals surface area contributed by atoms with Gasteiger partial charge in [0.2, 0.25) is 15.9 Å². The number of nitrogens with one attached hydrogen (secondary N) is 1. The quantitative estimate of drug-likeness (QED) is 0.784. The average Bonchev–Trinajstić information content (AvgIpc) is 3.51. The van der Waals surface area contributed by atoms with Crippen LogP contribution in [0.3, 0.4) is 0 Å². The Balaban J connectivity index is 1.38. The van der Waals surface area contributed by atoms with Crippen LogP contribution in [0.25, 0.3) is 0 Å². The molecule has 1 saturated carbocycles. The first kappa shape index (κ1) is 20.4. The Bertz CT molecular complexity index is 1010. The van der Waals surface area contributed by atoms with Gasteiger partial charge < -0.3 is 5.32 Å². The van der Waals surface area contributed by atoms with Crippen molar-refractivity contribution in [1.82, 2.24) is 9.62 Å². The van der Waals surface area contributed by atoms with Crippen LogP contribution in [0.2, 0.25) is 5.02 Å². The molecule has 2 aromatic carbocycles. The van der Waals surface area contributed by atoms with Gasteiger partial charge in [-0.15, -0.1) is 0 Å². The van der Waals surface area contributed by atoms with E-state index in [0.29, 0.717) is 35.8 Å². The van der Waals surface area contributed by atoms with Crippen LogP contribution in [0.4, 0.5) is 0 Å². The lowest BCUT2D eigenvalue weighted by Crippen LogP contribution is -2.48. The summed E-state index contributed by atoms with van der Waals surface area (Å²) in [5.74, 6) is 0.0274. The van der Waals surface area contributed by atoms with Crippen molar-refractivity contribution in [3.8, 4) is 0 Å². The van der Waals surface area contributed by atoms with Gasteiger partial charge in [0.25, 0.3) is 0 Å². The molecule has 2 aromatic rings. The van der Waals surface area contributed by atoms with E-state index in [0.717, 1.165) is 24.0 Å². The summed E-state index contributed by atoms with van der Waals surface area (Å²) in [7, 11) is -3.49. The van der Waals surface area contributed by atoms with Crippen molar-refractivity contribution in [3.05, 3.63) is 64.7 Å². The first-order chi connectivity index (χ1) is 13.8. The summed E-state index contributed by atoms with van der Waals surface area (Å²) in [4.78, 5) is 13.3. The topological polar surface area (TPSA) is 66.5 Å². The summed E-state index contributed by atoms with van der Waals surface area (Å²) in [6, 6.07) is 14.4. The van der Waals surface area contributed by atoms with Gasteiger partial charge in [0, 0.05) is 24.2 Å². The number of piperidine rings is 1. The van der Waals surface area contributed by atoms with Gasteiger partial charge in [0.15, 0.2) is 0 Å². The van der Waals surface area contributed by atoms with Gasteiger partial charge in [0.1, 0.15) is 0 Å². The molecule has 4 rings (SSSR count). The molecule has 1 aliphatic carbocycles. The number of carbonyl (C=O) groups is 1. The summed E-state index contributed by atoms with van der Waals surface area (Å²) >= 11 is 6.10. The molecule has 29 heavy (non-hydrogen) atoms. The van der Waals surface area contributed by atoms with Crippen LogP contribution in [0.5, 0.6) is 0 Å². The number of carbonyl (C=O) groups excluding carboxylic acids is 1. The second-order valence-electron chi connectivity index (χ2n) is 8.06. The second-order valence-corrected chi connectivity index (χ2v) is 10.4. The first-order valence-electron chi connectivity index (χ1n) is 9.95. The molecule has 0 radical (unpaired) electrons. The molecule has 7 heteroatoms. The SMILES string of the molecule is Cc1ccc(S(=O)(=O)N2CCC(NC(=O)C3(c4cccc(Cl)c4)CC3)CC2)cc1. The Hall–Kier alpha value is -1.89. The number of rotatable bonds is 5. The lowest BCUT2D eigenvalue weighted by molar-refractivity contribution is -0.124. The van der Waals surface area contributed by atoms with Crippen molar-refractivity contribution in [1.29, 1.82) is 0 Å². The highest BCUT2D eigenvalue weighted by Gasteiger charge is 2.51. The minimum atomic E-state index is -3.49. The zero-order valence-electron chi connectivity index (χ0n) is 16.4. The van der Waals surface area contributed by atoms with Gasteiger partial charge in [-0.05, 0) is 62.4 Å². The minimum Gasteiger partial charge on any atom is -0.352 e. The maximum atomic E-state index is 13.0. The number of halogens is 1. The van der Waals surface area contributed by atoms with E-state index < -0.39 is 15.4 Å². The molecule has 1 amide bonds. The average molecular weight is 433 g/mol. The largest absolute Gasteiger partial charge is 0.352 e. The fraction of sp³-hybridized carbons (Fsp3) is 0.409. The standard InChI is InChI=1S/C22H25ClN2O3S/c1-16-5-7-20(8-6-16)29(27,28)25-13-9-19(10-14-25)24-21(26)22(11-12-22)17-3-2-4-18(23)15-17/h2-8,15,19H,9-14H2,1H3,(H,24,26). The molecule has 5 nitrogen and oxygen atoms in total. The minimum absolute atomic E-state index is 0.0105. The number of hydrogen-bond acceptors (Lipinski definition) is 3. The molecule has 154 valence electrons. The van der Waals surface area contributed by atoms with E-state index in [1.807, 2.05) is 43.3 Å². The Morgan fingerprint density at radius 1 is 1.10 bits per heavy atom. The van der Waals surface area contributed by atoms with E-state index in [2.05, 4.69) is 5.32 Å². The van der Waals surface area contributed by atoms with Crippen LogP contribution in [0.15, 0.2) is 53.4 Å². The van der Waals surface area contributed by atoms with E-state index in [4.69, 9.17) is 11.6 Å². The van der Waals surface area contributed by atoms with Crippen LogP contribution in [-0.2, 0) is 20.2 Å². The number of hydrogen-bond donors (Lipinski definition) is 1. The van der Waals surface area contributed by atoms with Crippen LogP contribution in [-0.4, -0.2) is 37.8 Å². The molecule has 1 N–H and O–H groups in total. The molecular weight excluding hydrogens is 408 g/mol. The number of sulfonamides is 1. The molecule has 2 aliphatic rings. The summed E-state index contributed by atoms with van der Waals surface area (Å²) < 4.78 is 27.2. The molecule has 1 aliphatic heterocycles. The maximum Gasteiger partial charge on any atom is 0.243 e. The fourth-order valence-corrected chi connectivity index (χ4v) is 5.64. The van der Waals surface area contributed by atoms with Crippen molar-refractivity contribution < 1.29 is 13.2 Å². The van der Waals surface area contributed by atoms with Crippen molar-refractivity contribution in [3.63, 3.8) is 0 Å². The number of aryl methyl sites for hydroxylation is 1. The second kappa shape index (κ2) is 7.74. The fourth-order valence-electron chi connectivity index (χ4n) is 3.98. The third-order valence-corrected chi connectivity index (χ3v) is 8.16. The van der Waals surface area contributed by atoms with E-state index in [1.165, 1.54) is 4.31 Å². The van der Waals surface area contributed by atoms with Crippen LogP contribution in [0, 0.1) is 6.92 Å². The van der Waals surface area contributed by atoms with Gasteiger partial charge in [-0.1, -0.05) is 41.4 Å². The molecule has 2 fully saturated rings. The van der Waals surface area contributed by atoms with E-state index in [9.17, 15) is 13.2 Å². The first-order valence-corrected chi connectivity index (χ1v) is 11.8. The van der Waals surface area contributed by atoms with Crippen molar-refractivity contribution in [2.75, 3.05) is 13.1 Å². The predicted octanol–water partition coefficient (Wildman–Crippen LogP) is 3.65. The Morgan fingerprint density at radius 2 is 1.76 bits per heavy atom. The zero-order chi connectivity index (χ0) is 20.6. The predicted molar refractivity (Wildman–Crippen MR) is 113 cm³/mol. The van der Waals surface area contributed by atoms with Crippen LogP contribution in [0.1, 0.15) is 36.8 Å². The summed E-state index contributed by atoms with van der Waals surface area (Å²) in [5, 5.41) is 3.79. The highest BCUT2D eigenvalue weighted by atomic mass is 35.5. The molecule has 1 saturated heterocycles. The highest BCUT2D eigenvalue weighted by molar-refractivity contribution is 7.89. The van der Waals surface area contributed by atoms with Crippen LogP contribution < -0.4 is 5.32 Å². The number of nitrogens with zero attached hydrogens (tertiary/aromatic N) is 1. The van der Waals surface area contributed by atoms with Crippen molar-refractivity contribution in [2.45, 2.75) is 49.0 Å². The lowest BCUT2D eigenvalue weighted by atomic mass is 9.94. The highest BCUT2D eigenvalue weighted by Crippen LogP contribution is 2.49. The van der Waals surface area contributed by atoms with Crippen molar-refractivity contribution in [2.24, 2.45) is 0 Å². The van der Waals surface area contributed by atoms with E-state index in [-0.39, 0.29) is 11.9 Å². The lowest BCUT2D eigenvalue weighted by Gasteiger charge is -2.32. The van der Waals surface area contributed by atoms with Gasteiger partial charge >= 0.3 is 0 Å². The molecule has 0 unspecified atom stereocenters. The van der Waals surface area contributed by atoms with Gasteiger partial charge in [-0.3, -0.25) is 4.79 Å². The molecule has 0 spiro atoms. The zero-order valence-corrected chi connectivity index (χ0v) is 18.0. The number of benzene rings is 2. The van der Waals surface area contributed by atoms with E-state index in [1.54, 1.807) is 12.1 Å². The molecule has 0 bridgehead atoms. The van der Waals surface area contributed by atoms with Crippen molar-refractivity contribution >= 4 is 27.5 Å². The molecular formula is C22H25ClN2O3S. The van der Waals surface area contributed by atoms with Gasteiger partial charge in [-0.2, -0.15) is 4.31 Å². The monoisotopic (exact) mass is 432 g/mol. The van der Waals surface area contributed by atoms with Gasteiger partial charge in [-0.25, -0.2) is 8.42 Å². The Labute approximate surface area is 177 Å². The van der Waals surface area contributed by atoms with Gasteiger partial charge in [0.05, 0.1) is 10.3 Å². The van der Waals surface area contributed by atoms with Crippen LogP contribution >= 0.6 is 11.6 Å². The normalized spacial score (nSPS) is 19.7. The Kier molecular flexibility index (Phi) is 5.44. The third kappa shape index (κ3) is 4.06. The molecule has 1 heterocycles. The summed E-state index contributed by atoms with van der Waals surface area (Å²) in [5.41, 5.74) is 1.51.